The first-order valence-electron chi connectivity index (χ1n) is 11.5. The predicted octanol–water partition coefficient (Wildman–Crippen LogP) is 6.91. The number of para-hydroxylation sites is 3. The van der Waals surface area contributed by atoms with Gasteiger partial charge in [-0.2, -0.15) is 0 Å². The van der Waals surface area contributed by atoms with Gasteiger partial charge in [-0.05, 0) is 55.0 Å². The fourth-order valence-electron chi connectivity index (χ4n) is 4.62. The molecule has 0 atom stereocenters. The van der Waals surface area contributed by atoms with Gasteiger partial charge in [0.25, 0.3) is 10.0 Å². The lowest BCUT2D eigenvalue weighted by atomic mass is 10.1. The molecule has 0 amide bonds. The lowest BCUT2D eigenvalue weighted by Gasteiger charge is -2.09. The van der Waals surface area contributed by atoms with E-state index in [1.807, 2.05) is 91.9 Å². The van der Waals surface area contributed by atoms with E-state index in [1.54, 1.807) is 18.3 Å². The molecule has 5 nitrogen and oxygen atoms in total. The highest BCUT2D eigenvalue weighted by molar-refractivity contribution is 7.90. The van der Waals surface area contributed by atoms with Crippen LogP contribution in [-0.4, -0.2) is 21.9 Å². The third-order valence-electron chi connectivity index (χ3n) is 6.40. The molecular formula is C29H22ClN3O2S. The number of aryl methyl sites for hydroxylation is 1. The molecule has 6 rings (SSSR count). The standard InChI is InChI=1S/C29H22ClN3O2S/c1-20-13-15-24(16-14-20)36(34,35)33-19-22(25-9-2-4-11-27(25)33)18-32-28-12-5-3-10-26(28)31-29(32)21-7-6-8-23(30)17-21/h2-17,19H,18H2,1H3. The van der Waals surface area contributed by atoms with E-state index in [9.17, 15) is 8.42 Å². The number of aromatic nitrogens is 3. The van der Waals surface area contributed by atoms with Gasteiger partial charge in [-0.15, -0.1) is 0 Å². The van der Waals surface area contributed by atoms with Crippen LogP contribution in [0.1, 0.15) is 11.1 Å². The molecule has 0 saturated heterocycles. The summed E-state index contributed by atoms with van der Waals surface area (Å²) < 4.78 is 30.8. The van der Waals surface area contributed by atoms with Gasteiger partial charge < -0.3 is 4.57 Å². The first-order valence-corrected chi connectivity index (χ1v) is 13.4. The highest BCUT2D eigenvalue weighted by Crippen LogP contribution is 2.31. The van der Waals surface area contributed by atoms with Gasteiger partial charge in [-0.1, -0.05) is 71.8 Å². The Balaban J connectivity index is 1.54. The summed E-state index contributed by atoms with van der Waals surface area (Å²) in [6.45, 7) is 2.38. The molecule has 6 aromatic rings. The molecule has 36 heavy (non-hydrogen) atoms. The zero-order valence-electron chi connectivity index (χ0n) is 19.5. The van der Waals surface area contributed by atoms with Gasteiger partial charge in [0, 0.05) is 22.2 Å². The fraction of sp³-hybridized carbons (Fsp3) is 0.0690. The second kappa shape index (κ2) is 8.66. The zero-order valence-corrected chi connectivity index (χ0v) is 21.0. The number of imidazole rings is 1. The Morgan fingerprint density at radius 2 is 1.56 bits per heavy atom. The van der Waals surface area contributed by atoms with Gasteiger partial charge in [0.2, 0.25) is 0 Å². The molecule has 0 spiro atoms. The first kappa shape index (κ1) is 22.6. The summed E-state index contributed by atoms with van der Waals surface area (Å²) in [4.78, 5) is 5.15. The second-order valence-electron chi connectivity index (χ2n) is 8.81. The van der Waals surface area contributed by atoms with Crippen molar-refractivity contribution in [2.24, 2.45) is 0 Å². The van der Waals surface area contributed by atoms with E-state index < -0.39 is 10.0 Å². The summed E-state index contributed by atoms with van der Waals surface area (Å²) in [7, 11) is -3.78. The highest BCUT2D eigenvalue weighted by atomic mass is 35.5. The lowest BCUT2D eigenvalue weighted by Crippen LogP contribution is -2.12. The van der Waals surface area contributed by atoms with E-state index in [-0.39, 0.29) is 4.90 Å². The van der Waals surface area contributed by atoms with E-state index in [0.717, 1.165) is 38.9 Å². The van der Waals surface area contributed by atoms with E-state index in [0.29, 0.717) is 17.1 Å². The Hall–Kier alpha value is -3.87. The molecule has 178 valence electrons. The van der Waals surface area contributed by atoms with Crippen LogP contribution in [0.15, 0.2) is 108 Å². The van der Waals surface area contributed by atoms with Crippen LogP contribution >= 0.6 is 11.6 Å². The number of hydrogen-bond acceptors (Lipinski definition) is 3. The van der Waals surface area contributed by atoms with E-state index >= 15 is 0 Å². The molecule has 2 aromatic heterocycles. The SMILES string of the molecule is Cc1ccc(S(=O)(=O)n2cc(Cn3c(-c4cccc(Cl)c4)nc4ccccc43)c3ccccc32)cc1. The zero-order chi connectivity index (χ0) is 24.9. The van der Waals surface area contributed by atoms with Gasteiger partial charge >= 0.3 is 0 Å². The quantitative estimate of drug-likeness (QED) is 0.253. The molecular weight excluding hydrogens is 490 g/mol. The van der Waals surface area contributed by atoms with Crippen LogP contribution in [0.2, 0.25) is 5.02 Å². The number of benzene rings is 4. The summed E-state index contributed by atoms with van der Waals surface area (Å²) in [6.07, 6.45) is 1.73. The van der Waals surface area contributed by atoms with Gasteiger partial charge in [-0.3, -0.25) is 0 Å². The molecule has 4 aromatic carbocycles. The molecule has 0 bridgehead atoms. The van der Waals surface area contributed by atoms with Gasteiger partial charge in [-0.25, -0.2) is 17.4 Å². The maximum absolute atomic E-state index is 13.6. The Kier molecular flexibility index (Phi) is 5.43. The summed E-state index contributed by atoms with van der Waals surface area (Å²) in [5.41, 5.74) is 5.26. The maximum Gasteiger partial charge on any atom is 0.268 e. The monoisotopic (exact) mass is 511 g/mol. The predicted molar refractivity (Wildman–Crippen MR) is 145 cm³/mol. The molecule has 7 heteroatoms. The second-order valence-corrected chi connectivity index (χ2v) is 11.1. The fourth-order valence-corrected chi connectivity index (χ4v) is 6.20. The van der Waals surface area contributed by atoms with Crippen LogP contribution in [0.4, 0.5) is 0 Å². The van der Waals surface area contributed by atoms with Crippen molar-refractivity contribution in [2.75, 3.05) is 0 Å². The van der Waals surface area contributed by atoms with Crippen molar-refractivity contribution in [3.63, 3.8) is 0 Å². The van der Waals surface area contributed by atoms with Crippen LogP contribution in [-0.2, 0) is 16.6 Å². The maximum atomic E-state index is 13.6. The average Bonchev–Trinajstić information content (AvgIpc) is 3.44. The molecule has 0 N–H and O–H groups in total. The average molecular weight is 512 g/mol. The molecule has 0 unspecified atom stereocenters. The topological polar surface area (TPSA) is 56.9 Å². The summed E-state index contributed by atoms with van der Waals surface area (Å²) >= 11 is 6.30. The Morgan fingerprint density at radius 3 is 2.33 bits per heavy atom. The molecule has 0 aliphatic carbocycles. The number of halogens is 1. The van der Waals surface area contributed by atoms with Crippen molar-refractivity contribution >= 4 is 43.6 Å². The van der Waals surface area contributed by atoms with Crippen molar-refractivity contribution in [2.45, 2.75) is 18.4 Å². The molecule has 0 saturated carbocycles. The number of fused-ring (bicyclic) bond motifs is 2. The van der Waals surface area contributed by atoms with Crippen LogP contribution in [0.25, 0.3) is 33.3 Å². The highest BCUT2D eigenvalue weighted by Gasteiger charge is 2.22. The van der Waals surface area contributed by atoms with Crippen LogP contribution in [0.3, 0.4) is 0 Å². The minimum Gasteiger partial charge on any atom is -0.319 e. The Bertz CT molecular complexity index is 1850. The summed E-state index contributed by atoms with van der Waals surface area (Å²) in [5, 5.41) is 1.51. The van der Waals surface area contributed by atoms with Crippen molar-refractivity contribution in [3.8, 4) is 11.4 Å². The third kappa shape index (κ3) is 3.79. The van der Waals surface area contributed by atoms with Crippen molar-refractivity contribution in [3.05, 3.63) is 119 Å². The number of hydrogen-bond donors (Lipinski definition) is 0. The van der Waals surface area contributed by atoms with Gasteiger partial charge in [0.15, 0.2) is 0 Å². The van der Waals surface area contributed by atoms with Crippen LogP contribution in [0.5, 0.6) is 0 Å². The molecule has 0 fully saturated rings. The summed E-state index contributed by atoms with van der Waals surface area (Å²) in [6, 6.07) is 30.1. The number of nitrogens with zero attached hydrogens (tertiary/aromatic N) is 3. The Morgan fingerprint density at radius 1 is 0.833 bits per heavy atom. The minimum absolute atomic E-state index is 0.258. The van der Waals surface area contributed by atoms with E-state index in [2.05, 4.69) is 4.57 Å². The molecule has 0 radical (unpaired) electrons. The van der Waals surface area contributed by atoms with Gasteiger partial charge in [0.05, 0.1) is 28.0 Å². The number of rotatable bonds is 5. The van der Waals surface area contributed by atoms with E-state index in [4.69, 9.17) is 16.6 Å². The lowest BCUT2D eigenvalue weighted by molar-refractivity contribution is 0.589. The smallest absolute Gasteiger partial charge is 0.268 e. The minimum atomic E-state index is -3.78. The molecule has 2 heterocycles. The van der Waals surface area contributed by atoms with E-state index in [1.165, 1.54) is 3.97 Å². The van der Waals surface area contributed by atoms with Crippen LogP contribution in [0, 0.1) is 6.92 Å². The largest absolute Gasteiger partial charge is 0.319 e. The third-order valence-corrected chi connectivity index (χ3v) is 8.33. The van der Waals surface area contributed by atoms with Crippen molar-refractivity contribution in [1.29, 1.82) is 0 Å². The van der Waals surface area contributed by atoms with Crippen molar-refractivity contribution < 1.29 is 8.42 Å². The van der Waals surface area contributed by atoms with Crippen molar-refractivity contribution in [1.82, 2.24) is 13.5 Å². The molecule has 0 aliphatic rings. The Labute approximate surface area is 214 Å². The first-order chi connectivity index (χ1) is 17.4. The normalized spacial score (nSPS) is 11.9. The van der Waals surface area contributed by atoms with Gasteiger partial charge in [0.1, 0.15) is 5.82 Å². The summed E-state index contributed by atoms with van der Waals surface area (Å²) in [5.74, 6) is 0.775. The molecule has 0 aliphatic heterocycles. The van der Waals surface area contributed by atoms with Crippen LogP contribution < -0.4 is 0 Å².